The van der Waals surface area contributed by atoms with E-state index < -0.39 is 117 Å². The van der Waals surface area contributed by atoms with Gasteiger partial charge in [0.25, 0.3) is 0 Å². The molecular formula is C20H12F20N4. The van der Waals surface area contributed by atoms with Crippen LogP contribution in [-0.4, -0.2) is 59.7 Å². The van der Waals surface area contributed by atoms with E-state index in [0.29, 0.717) is 0 Å². The Labute approximate surface area is 229 Å². The molecule has 24 heteroatoms. The van der Waals surface area contributed by atoms with Gasteiger partial charge < -0.3 is 22.9 Å². The van der Waals surface area contributed by atoms with Crippen LogP contribution in [-0.2, 0) is 0 Å². The molecule has 2 aliphatic rings. The van der Waals surface area contributed by atoms with Gasteiger partial charge in [-0.05, 0) is 24.3 Å². The third-order valence-electron chi connectivity index (χ3n) is 5.68. The first-order valence-corrected chi connectivity index (χ1v) is 10.5. The molecule has 8 N–H and O–H groups in total. The summed E-state index contributed by atoms with van der Waals surface area (Å²) in [7, 11) is 0. The number of allylic oxidation sites excluding steroid dienone is 6. The minimum absolute atomic E-state index is 1.09. The van der Waals surface area contributed by atoms with Gasteiger partial charge in [-0.15, -0.1) is 0 Å². The van der Waals surface area contributed by atoms with Crippen LogP contribution in [0.3, 0.4) is 0 Å². The largest absolute Gasteiger partial charge is 0.458 e. The summed E-state index contributed by atoms with van der Waals surface area (Å²) >= 11 is 0. The number of hydrogen-bond donors (Lipinski definition) is 4. The highest BCUT2D eigenvalue weighted by Crippen LogP contribution is 2.59. The van der Waals surface area contributed by atoms with Crippen molar-refractivity contribution in [2.45, 2.75) is 59.7 Å². The van der Waals surface area contributed by atoms with Gasteiger partial charge in [0.15, 0.2) is 0 Å². The molecule has 0 saturated carbocycles. The minimum atomic E-state index is -7.27. The van der Waals surface area contributed by atoms with E-state index in [-0.39, 0.29) is 0 Å². The molecule has 0 bridgehead atoms. The second-order valence-electron chi connectivity index (χ2n) is 9.27. The maximum absolute atomic E-state index is 14.7. The number of nitrogens with two attached hydrogens (primary N) is 4. The van der Waals surface area contributed by atoms with Gasteiger partial charge in [-0.3, -0.25) is 0 Å². The summed E-state index contributed by atoms with van der Waals surface area (Å²) in [6.45, 7) is 0. The highest BCUT2D eigenvalue weighted by Gasteiger charge is 2.71. The molecule has 252 valence electrons. The van der Waals surface area contributed by atoms with E-state index in [4.69, 9.17) is 22.9 Å². The molecule has 0 aromatic rings. The maximum atomic E-state index is 14.7. The van der Waals surface area contributed by atoms with E-state index in [0.717, 1.165) is 0 Å². The first kappa shape index (κ1) is 37.3. The molecule has 0 spiro atoms. The first-order valence-electron chi connectivity index (χ1n) is 10.5. The number of halogens is 20. The maximum Gasteiger partial charge on any atom is 0.458 e. The normalized spacial score (nSPS) is 21.1. The van der Waals surface area contributed by atoms with Crippen molar-refractivity contribution < 1.29 is 87.8 Å². The Hall–Kier alpha value is -2.86. The third-order valence-corrected chi connectivity index (χ3v) is 5.68. The molecule has 44 heavy (non-hydrogen) atoms. The Kier molecular flexibility index (Phi) is 8.33. The fraction of sp³-hybridized carbons (Fsp3) is 0.500. The molecular weight excluding hydrogens is 676 g/mol. The molecule has 2 rings (SSSR count). The summed E-state index contributed by atoms with van der Waals surface area (Å²) in [6, 6.07) is 0. The standard InChI is InChI=1S/C20H12F20N4/c21-13(22,17(29,30)31)5-1-11(41,42)2-6(14(23,24)18(32,33)34)9(5)10-7(15(25,26)19(35,36)37)3-12(43,44)4-8(10)16(27,28)20(38,39)40/h1-4H,41-44H2. The lowest BCUT2D eigenvalue weighted by atomic mass is 9.71. The van der Waals surface area contributed by atoms with Crippen molar-refractivity contribution in [1.29, 1.82) is 0 Å². The quantitative estimate of drug-likeness (QED) is 0.214. The zero-order chi connectivity index (χ0) is 35.3. The molecule has 2 aliphatic carbocycles. The van der Waals surface area contributed by atoms with Gasteiger partial charge in [0, 0.05) is 33.4 Å². The van der Waals surface area contributed by atoms with Crippen LogP contribution < -0.4 is 22.9 Å². The zero-order valence-corrected chi connectivity index (χ0v) is 20.2. The second kappa shape index (κ2) is 9.82. The topological polar surface area (TPSA) is 104 Å². The van der Waals surface area contributed by atoms with Gasteiger partial charge in [0.2, 0.25) is 0 Å². The average Bonchev–Trinajstić information content (AvgIpc) is 2.74. The van der Waals surface area contributed by atoms with Crippen LogP contribution in [0.1, 0.15) is 0 Å². The van der Waals surface area contributed by atoms with Crippen LogP contribution in [0.4, 0.5) is 87.8 Å². The van der Waals surface area contributed by atoms with Crippen LogP contribution in [0.15, 0.2) is 57.7 Å². The highest BCUT2D eigenvalue weighted by molar-refractivity contribution is 5.72. The molecule has 0 aromatic carbocycles. The van der Waals surface area contributed by atoms with Gasteiger partial charge in [0.05, 0.1) is 0 Å². The first-order chi connectivity index (χ1) is 18.9. The van der Waals surface area contributed by atoms with Gasteiger partial charge in [-0.1, -0.05) is 0 Å². The van der Waals surface area contributed by atoms with E-state index in [9.17, 15) is 87.8 Å². The zero-order valence-electron chi connectivity index (χ0n) is 20.2. The van der Waals surface area contributed by atoms with Gasteiger partial charge in [-0.25, -0.2) is 0 Å². The van der Waals surface area contributed by atoms with Crippen LogP contribution >= 0.6 is 0 Å². The van der Waals surface area contributed by atoms with Crippen molar-refractivity contribution in [3.05, 3.63) is 57.7 Å². The smallest absolute Gasteiger partial charge is 0.307 e. The van der Waals surface area contributed by atoms with E-state index in [1.165, 1.54) is 0 Å². The molecule has 0 radical (unpaired) electrons. The van der Waals surface area contributed by atoms with E-state index in [1.807, 2.05) is 0 Å². The number of hydrogen-bond acceptors (Lipinski definition) is 4. The summed E-state index contributed by atoms with van der Waals surface area (Å²) in [5.74, 6) is -28.2. The fourth-order valence-corrected chi connectivity index (χ4v) is 3.80. The molecule has 0 fully saturated rings. The van der Waals surface area contributed by atoms with Crippen molar-refractivity contribution in [3.63, 3.8) is 0 Å². The van der Waals surface area contributed by atoms with Crippen LogP contribution in [0.25, 0.3) is 0 Å². The molecule has 0 aliphatic heterocycles. The summed E-state index contributed by atoms with van der Waals surface area (Å²) in [4.78, 5) is 0. The Balaban J connectivity index is 3.55. The highest BCUT2D eigenvalue weighted by atomic mass is 19.4. The summed E-state index contributed by atoms with van der Waals surface area (Å²) in [5.41, 5.74) is -9.99. The second-order valence-corrected chi connectivity index (χ2v) is 9.27. The Bertz CT molecular complexity index is 1140. The number of rotatable bonds is 4. The molecule has 0 saturated heterocycles. The number of alkyl halides is 20. The average molecular weight is 688 g/mol. The van der Waals surface area contributed by atoms with E-state index in [1.54, 1.807) is 0 Å². The SMILES string of the molecule is NC1(N)C=C(C(F)(F)C(F)(F)F)C(=C2C(C(F)(F)C(F)(F)F)=CC(N)(N)C=C2C(F)(F)C(F)(F)F)C(C(F)(F)C(F)(F)F)=C1. The molecule has 4 nitrogen and oxygen atoms in total. The van der Waals surface area contributed by atoms with Gasteiger partial charge in [0.1, 0.15) is 11.3 Å². The molecule has 0 amide bonds. The Morgan fingerprint density at radius 2 is 0.455 bits per heavy atom. The Morgan fingerprint density at radius 1 is 0.318 bits per heavy atom. The lowest BCUT2D eigenvalue weighted by molar-refractivity contribution is -0.269. The van der Waals surface area contributed by atoms with Gasteiger partial charge in [-0.2, -0.15) is 87.8 Å². The molecule has 0 heterocycles. The summed E-state index contributed by atoms with van der Waals surface area (Å²) < 4.78 is 278. The van der Waals surface area contributed by atoms with Crippen molar-refractivity contribution >= 4 is 0 Å². The van der Waals surface area contributed by atoms with Crippen molar-refractivity contribution in [3.8, 4) is 0 Å². The molecule has 0 aromatic heterocycles. The van der Waals surface area contributed by atoms with E-state index >= 15 is 0 Å². The lowest BCUT2D eigenvalue weighted by Gasteiger charge is -2.41. The van der Waals surface area contributed by atoms with Crippen LogP contribution in [0.2, 0.25) is 0 Å². The summed E-state index contributed by atoms with van der Waals surface area (Å²) in [5, 5.41) is 0. The van der Waals surface area contributed by atoms with Gasteiger partial charge >= 0.3 is 48.4 Å². The van der Waals surface area contributed by atoms with Crippen LogP contribution in [0.5, 0.6) is 0 Å². The summed E-state index contributed by atoms with van der Waals surface area (Å²) in [6.07, 6.45) is -33.4. The van der Waals surface area contributed by atoms with Crippen molar-refractivity contribution in [1.82, 2.24) is 0 Å². The van der Waals surface area contributed by atoms with Crippen molar-refractivity contribution in [2.75, 3.05) is 0 Å². The monoisotopic (exact) mass is 688 g/mol. The molecule has 0 unspecified atom stereocenters. The fourth-order valence-electron chi connectivity index (χ4n) is 3.80. The third kappa shape index (κ3) is 6.03. The van der Waals surface area contributed by atoms with E-state index in [2.05, 4.69) is 0 Å². The molecule has 0 atom stereocenters. The predicted molar refractivity (Wildman–Crippen MR) is 106 cm³/mol. The Morgan fingerprint density at radius 3 is 0.568 bits per heavy atom. The minimum Gasteiger partial charge on any atom is -0.307 e. The van der Waals surface area contributed by atoms with Crippen molar-refractivity contribution in [2.24, 2.45) is 22.9 Å². The lowest BCUT2D eigenvalue weighted by Crippen LogP contribution is -2.55. The predicted octanol–water partition coefficient (Wildman–Crippen LogP) is 6.03. The van der Waals surface area contributed by atoms with Crippen LogP contribution in [0, 0.1) is 0 Å².